The molecule has 2 aliphatic heterocycles. The van der Waals surface area contributed by atoms with E-state index in [1.807, 2.05) is 19.1 Å². The molecule has 9 heteroatoms. The van der Waals surface area contributed by atoms with Crippen molar-refractivity contribution in [1.29, 1.82) is 0 Å². The molecule has 186 valence electrons. The summed E-state index contributed by atoms with van der Waals surface area (Å²) in [5.74, 6) is -2.10. The number of fused-ring (bicyclic) bond motifs is 1. The van der Waals surface area contributed by atoms with Crippen LogP contribution in [0.3, 0.4) is 0 Å². The highest BCUT2D eigenvalue weighted by molar-refractivity contribution is 6.31. The Morgan fingerprint density at radius 1 is 1.08 bits per heavy atom. The van der Waals surface area contributed by atoms with Crippen molar-refractivity contribution in [3.63, 3.8) is 0 Å². The summed E-state index contributed by atoms with van der Waals surface area (Å²) in [4.78, 5) is 54.4. The van der Waals surface area contributed by atoms with E-state index in [1.165, 1.54) is 23.0 Å². The van der Waals surface area contributed by atoms with Crippen LogP contribution < -0.4 is 19.3 Å². The monoisotopic (exact) mass is 508 g/mol. The van der Waals surface area contributed by atoms with Crippen molar-refractivity contribution in [3.8, 4) is 11.5 Å². The highest BCUT2D eigenvalue weighted by atomic mass is 35.5. The number of rotatable bonds is 5. The molecule has 0 radical (unpaired) electrons. The first-order valence-electron chi connectivity index (χ1n) is 11.8. The Morgan fingerprint density at radius 3 is 2.64 bits per heavy atom. The topological polar surface area (TPSA) is 93.2 Å². The maximum Gasteiger partial charge on any atom is 0.316 e. The molecular formula is C27H25ClN2O6. The van der Waals surface area contributed by atoms with Crippen molar-refractivity contribution < 1.29 is 28.7 Å². The van der Waals surface area contributed by atoms with Crippen LogP contribution in [-0.4, -0.2) is 37.3 Å². The zero-order valence-electron chi connectivity index (χ0n) is 19.8. The molecule has 36 heavy (non-hydrogen) atoms. The number of allylic oxidation sites excluding steroid dienone is 2. The molecule has 4 atom stereocenters. The fourth-order valence-electron chi connectivity index (χ4n) is 5.26. The van der Waals surface area contributed by atoms with Crippen molar-refractivity contribution in [2.45, 2.75) is 19.8 Å². The second-order valence-corrected chi connectivity index (χ2v) is 9.74. The lowest BCUT2D eigenvalue weighted by atomic mass is 9.78. The number of carbonyl (C=O) groups is 4. The average Bonchev–Trinajstić information content (AvgIpc) is 3.37. The first-order valence-corrected chi connectivity index (χ1v) is 12.2. The number of halogens is 1. The van der Waals surface area contributed by atoms with Gasteiger partial charge in [0, 0.05) is 24.1 Å². The molecule has 0 bridgehead atoms. The molecule has 2 saturated heterocycles. The summed E-state index contributed by atoms with van der Waals surface area (Å²) in [5, 5.41) is 0.442. The summed E-state index contributed by atoms with van der Waals surface area (Å²) in [6.07, 6.45) is 4.43. The van der Waals surface area contributed by atoms with Gasteiger partial charge in [-0.1, -0.05) is 36.7 Å². The summed E-state index contributed by atoms with van der Waals surface area (Å²) in [5.41, 5.74) is 0.855. The van der Waals surface area contributed by atoms with Gasteiger partial charge in [-0.15, -0.1) is 0 Å². The number of hydrogen-bond donors (Lipinski definition) is 0. The van der Waals surface area contributed by atoms with E-state index < -0.39 is 11.9 Å². The van der Waals surface area contributed by atoms with Gasteiger partial charge in [-0.3, -0.25) is 19.2 Å². The standard InChI is InChI=1S/C27H25ClN2O6/c1-15-5-3-8-20-24(15)26(33)30(25(20)32)18-6-4-7-19(13-18)36-27(34)16-11-23(31)29(14-16)21-12-17(28)9-10-22(21)35-2/h3-7,9-10,12-13,15-16,20,24H,8,11,14H2,1-2H3/t15-,16-,20-,24-/m1/s1. The number of amides is 3. The lowest BCUT2D eigenvalue weighted by Crippen LogP contribution is -2.31. The highest BCUT2D eigenvalue weighted by Crippen LogP contribution is 2.41. The van der Waals surface area contributed by atoms with Gasteiger partial charge in [0.15, 0.2) is 0 Å². The average molecular weight is 509 g/mol. The number of anilines is 2. The van der Waals surface area contributed by atoms with E-state index in [4.69, 9.17) is 21.1 Å². The lowest BCUT2D eigenvalue weighted by Gasteiger charge is -2.22. The van der Waals surface area contributed by atoms with E-state index in [0.717, 1.165) is 0 Å². The van der Waals surface area contributed by atoms with E-state index >= 15 is 0 Å². The molecule has 0 unspecified atom stereocenters. The number of carbonyl (C=O) groups excluding carboxylic acids is 4. The second kappa shape index (κ2) is 9.43. The minimum absolute atomic E-state index is 0.0211. The zero-order chi connectivity index (χ0) is 25.6. The van der Waals surface area contributed by atoms with Crippen molar-refractivity contribution in [3.05, 3.63) is 59.6 Å². The smallest absolute Gasteiger partial charge is 0.316 e. The predicted molar refractivity (Wildman–Crippen MR) is 133 cm³/mol. The number of benzene rings is 2. The first-order chi connectivity index (χ1) is 17.3. The second-order valence-electron chi connectivity index (χ2n) is 9.31. The van der Waals surface area contributed by atoms with E-state index in [0.29, 0.717) is 28.6 Å². The Morgan fingerprint density at radius 2 is 1.89 bits per heavy atom. The largest absolute Gasteiger partial charge is 0.495 e. The van der Waals surface area contributed by atoms with Gasteiger partial charge in [-0.2, -0.15) is 0 Å². The number of imide groups is 1. The number of esters is 1. The van der Waals surface area contributed by atoms with Gasteiger partial charge < -0.3 is 14.4 Å². The van der Waals surface area contributed by atoms with E-state index in [1.54, 1.807) is 36.4 Å². The fourth-order valence-corrected chi connectivity index (χ4v) is 5.43. The highest BCUT2D eigenvalue weighted by Gasteiger charge is 2.50. The van der Waals surface area contributed by atoms with Gasteiger partial charge in [-0.25, -0.2) is 4.90 Å². The first kappa shape index (κ1) is 24.1. The lowest BCUT2D eigenvalue weighted by molar-refractivity contribution is -0.139. The molecule has 3 amide bonds. The molecular weight excluding hydrogens is 484 g/mol. The Hall–Kier alpha value is -3.65. The van der Waals surface area contributed by atoms with Gasteiger partial charge in [0.25, 0.3) is 0 Å². The van der Waals surface area contributed by atoms with Crippen LogP contribution in [0.15, 0.2) is 54.6 Å². The Bertz CT molecular complexity index is 1290. The van der Waals surface area contributed by atoms with Crippen LogP contribution in [-0.2, 0) is 19.2 Å². The van der Waals surface area contributed by atoms with Crippen molar-refractivity contribution in [2.24, 2.45) is 23.7 Å². The molecule has 2 aromatic carbocycles. The maximum absolute atomic E-state index is 13.1. The quantitative estimate of drug-likeness (QED) is 0.262. The van der Waals surface area contributed by atoms with Gasteiger partial charge >= 0.3 is 5.97 Å². The van der Waals surface area contributed by atoms with Gasteiger partial charge in [-0.05, 0) is 42.7 Å². The van der Waals surface area contributed by atoms with Gasteiger partial charge in [0.05, 0.1) is 36.2 Å². The summed E-state index contributed by atoms with van der Waals surface area (Å²) in [7, 11) is 1.49. The third-order valence-corrected chi connectivity index (χ3v) is 7.29. The van der Waals surface area contributed by atoms with Gasteiger partial charge in [0.2, 0.25) is 17.7 Å². The summed E-state index contributed by atoms with van der Waals surface area (Å²) >= 11 is 6.10. The van der Waals surface area contributed by atoms with Crippen molar-refractivity contribution in [1.82, 2.24) is 0 Å². The molecule has 5 rings (SSSR count). The number of methoxy groups -OCH3 is 1. The van der Waals surface area contributed by atoms with Crippen molar-refractivity contribution >= 4 is 46.7 Å². The molecule has 0 saturated carbocycles. The zero-order valence-corrected chi connectivity index (χ0v) is 20.6. The fraction of sp³-hybridized carbons (Fsp3) is 0.333. The molecule has 8 nitrogen and oxygen atoms in total. The molecule has 0 N–H and O–H groups in total. The van der Waals surface area contributed by atoms with Crippen LogP contribution in [0.4, 0.5) is 11.4 Å². The third kappa shape index (κ3) is 4.15. The van der Waals surface area contributed by atoms with E-state index in [-0.39, 0.29) is 54.2 Å². The summed E-state index contributed by atoms with van der Waals surface area (Å²) in [6, 6.07) is 11.3. The number of hydrogen-bond acceptors (Lipinski definition) is 6. The SMILES string of the molecule is COc1ccc(Cl)cc1N1C[C@H](C(=O)Oc2cccc(N3C(=O)[C@@H]4[C@H](C)C=CC[C@H]4C3=O)c2)CC1=O. The summed E-state index contributed by atoms with van der Waals surface area (Å²) < 4.78 is 10.9. The van der Waals surface area contributed by atoms with Gasteiger partial charge in [0.1, 0.15) is 11.5 Å². The normalized spacial score (nSPS) is 25.4. The van der Waals surface area contributed by atoms with Crippen LogP contribution >= 0.6 is 11.6 Å². The Kier molecular flexibility index (Phi) is 6.30. The number of ether oxygens (including phenoxy) is 2. The summed E-state index contributed by atoms with van der Waals surface area (Å²) in [6.45, 7) is 2.05. The van der Waals surface area contributed by atoms with Crippen molar-refractivity contribution in [2.75, 3.05) is 23.5 Å². The third-order valence-electron chi connectivity index (χ3n) is 7.06. The molecule has 2 heterocycles. The Balaban J connectivity index is 1.31. The van der Waals surface area contributed by atoms with Crippen LogP contribution in [0.2, 0.25) is 5.02 Å². The molecule has 0 spiro atoms. The minimum Gasteiger partial charge on any atom is -0.495 e. The van der Waals surface area contributed by atoms with Crippen LogP contribution in [0.1, 0.15) is 19.8 Å². The van der Waals surface area contributed by atoms with Crippen LogP contribution in [0, 0.1) is 23.7 Å². The number of nitrogens with zero attached hydrogens (tertiary/aromatic N) is 2. The molecule has 2 fully saturated rings. The molecule has 3 aliphatic rings. The minimum atomic E-state index is -0.699. The van der Waals surface area contributed by atoms with Crippen LogP contribution in [0.25, 0.3) is 0 Å². The molecule has 0 aromatic heterocycles. The van der Waals surface area contributed by atoms with E-state index in [2.05, 4.69) is 0 Å². The Labute approximate surface area is 213 Å². The van der Waals surface area contributed by atoms with Crippen LogP contribution in [0.5, 0.6) is 11.5 Å². The van der Waals surface area contributed by atoms with E-state index in [9.17, 15) is 19.2 Å². The molecule has 2 aromatic rings. The maximum atomic E-state index is 13.1. The molecule has 1 aliphatic carbocycles. The predicted octanol–water partition coefficient (Wildman–Crippen LogP) is 4.01.